The highest BCUT2D eigenvalue weighted by atomic mass is 16.6. The Bertz CT molecular complexity index is 1180. The summed E-state index contributed by atoms with van der Waals surface area (Å²) in [5.74, 6) is -1.14. The maximum atomic E-state index is 13.4. The lowest BCUT2D eigenvalue weighted by Gasteiger charge is -2.46. The molecule has 1 aromatic heterocycles. The summed E-state index contributed by atoms with van der Waals surface area (Å²) in [6, 6.07) is 1.04. The summed E-state index contributed by atoms with van der Waals surface area (Å²) in [6.07, 6.45) is 7.53. The minimum absolute atomic E-state index is 0.0621. The number of hydrogen-bond acceptors (Lipinski definition) is 6. The van der Waals surface area contributed by atoms with Crippen molar-refractivity contribution >= 4 is 23.8 Å². The van der Waals surface area contributed by atoms with Crippen molar-refractivity contribution < 1.29 is 23.9 Å². The van der Waals surface area contributed by atoms with E-state index in [2.05, 4.69) is 5.32 Å². The topological polar surface area (TPSA) is 118 Å². The van der Waals surface area contributed by atoms with Gasteiger partial charge in [-0.1, -0.05) is 0 Å². The maximum Gasteiger partial charge on any atom is 0.410 e. The van der Waals surface area contributed by atoms with E-state index in [1.54, 1.807) is 21.7 Å². The second kappa shape index (κ2) is 9.29. The molecule has 37 heavy (non-hydrogen) atoms. The summed E-state index contributed by atoms with van der Waals surface area (Å²) in [4.78, 5) is 65.9. The number of nitrogens with one attached hydrogen (secondary N) is 1. The van der Waals surface area contributed by atoms with Crippen LogP contribution in [0, 0.1) is 5.41 Å². The average Bonchev–Trinajstić information content (AvgIpc) is 3.16. The Hall–Kier alpha value is -3.17. The van der Waals surface area contributed by atoms with Gasteiger partial charge in [-0.15, -0.1) is 0 Å². The van der Waals surface area contributed by atoms with Crippen LogP contribution >= 0.6 is 0 Å². The Labute approximate surface area is 216 Å². The van der Waals surface area contributed by atoms with E-state index < -0.39 is 17.6 Å². The fraction of sp³-hybridized carbons (Fsp3) is 0.667. The van der Waals surface area contributed by atoms with E-state index in [0.29, 0.717) is 24.2 Å². The predicted octanol–water partition coefficient (Wildman–Crippen LogP) is 2.74. The maximum absolute atomic E-state index is 13.4. The number of hydrogen-bond donors (Lipinski definition) is 1. The fourth-order valence-electron chi connectivity index (χ4n) is 6.35. The van der Waals surface area contributed by atoms with Crippen LogP contribution in [0.15, 0.2) is 17.1 Å². The summed E-state index contributed by atoms with van der Waals surface area (Å²) < 4.78 is 7.29. The van der Waals surface area contributed by atoms with Crippen molar-refractivity contribution in [2.45, 2.75) is 96.4 Å². The molecule has 10 nitrogen and oxygen atoms in total. The first kappa shape index (κ1) is 25.5. The van der Waals surface area contributed by atoms with Crippen LogP contribution in [0.4, 0.5) is 4.79 Å². The number of carbonyl (C=O) groups excluding carboxylic acids is 4. The molecule has 3 aliphatic heterocycles. The van der Waals surface area contributed by atoms with Gasteiger partial charge in [-0.2, -0.15) is 0 Å². The number of aromatic nitrogens is 1. The monoisotopic (exact) mass is 512 g/mol. The first-order valence-corrected chi connectivity index (χ1v) is 13.3. The average molecular weight is 513 g/mol. The first-order chi connectivity index (χ1) is 17.5. The zero-order chi connectivity index (χ0) is 26.5. The zero-order valence-corrected chi connectivity index (χ0v) is 21.9. The van der Waals surface area contributed by atoms with Crippen LogP contribution in [-0.4, -0.2) is 62.9 Å². The summed E-state index contributed by atoms with van der Waals surface area (Å²) in [5, 5.41) is 2.29. The quantitative estimate of drug-likeness (QED) is 0.609. The van der Waals surface area contributed by atoms with Crippen molar-refractivity contribution in [3.05, 3.63) is 33.7 Å². The van der Waals surface area contributed by atoms with Gasteiger partial charge in [0.1, 0.15) is 11.6 Å². The van der Waals surface area contributed by atoms with E-state index in [-0.39, 0.29) is 54.3 Å². The van der Waals surface area contributed by atoms with Gasteiger partial charge in [-0.05, 0) is 77.2 Å². The third-order valence-electron chi connectivity index (χ3n) is 8.51. The van der Waals surface area contributed by atoms with Gasteiger partial charge in [0, 0.05) is 37.3 Å². The zero-order valence-electron chi connectivity index (χ0n) is 21.9. The number of amides is 4. The third-order valence-corrected chi connectivity index (χ3v) is 8.51. The van der Waals surface area contributed by atoms with Crippen LogP contribution in [0.5, 0.6) is 0 Å². The molecule has 3 fully saturated rings. The molecule has 1 saturated carbocycles. The minimum Gasteiger partial charge on any atom is -0.444 e. The molecule has 1 unspecified atom stereocenters. The Morgan fingerprint density at radius 3 is 2.32 bits per heavy atom. The highest BCUT2D eigenvalue weighted by Gasteiger charge is 2.42. The molecule has 0 radical (unpaired) electrons. The Balaban J connectivity index is 1.22. The molecule has 2 saturated heterocycles. The molecule has 1 spiro atoms. The number of pyridine rings is 1. The van der Waals surface area contributed by atoms with Crippen molar-refractivity contribution in [2.24, 2.45) is 5.41 Å². The Morgan fingerprint density at radius 2 is 1.70 bits per heavy atom. The van der Waals surface area contributed by atoms with E-state index in [9.17, 15) is 24.0 Å². The van der Waals surface area contributed by atoms with Gasteiger partial charge < -0.3 is 19.1 Å². The summed E-state index contributed by atoms with van der Waals surface area (Å²) >= 11 is 0. The van der Waals surface area contributed by atoms with Gasteiger partial charge >= 0.3 is 6.09 Å². The van der Waals surface area contributed by atoms with Gasteiger partial charge in [-0.3, -0.25) is 24.5 Å². The minimum atomic E-state index is -0.730. The smallest absolute Gasteiger partial charge is 0.410 e. The number of ether oxygens (including phenoxy) is 1. The fourth-order valence-corrected chi connectivity index (χ4v) is 6.35. The predicted molar refractivity (Wildman–Crippen MR) is 134 cm³/mol. The normalized spacial score (nSPS) is 24.3. The van der Waals surface area contributed by atoms with Crippen LogP contribution in [0.1, 0.15) is 94.1 Å². The van der Waals surface area contributed by atoms with Gasteiger partial charge in [0.25, 0.3) is 11.5 Å². The number of nitrogens with zero attached hydrogens (tertiary/aromatic N) is 3. The van der Waals surface area contributed by atoms with Crippen molar-refractivity contribution in [3.63, 3.8) is 0 Å². The van der Waals surface area contributed by atoms with Gasteiger partial charge in [0.2, 0.25) is 11.8 Å². The highest BCUT2D eigenvalue weighted by molar-refractivity contribution is 6.05. The van der Waals surface area contributed by atoms with E-state index in [1.165, 1.54) is 4.90 Å². The first-order valence-electron chi connectivity index (χ1n) is 13.3. The van der Waals surface area contributed by atoms with Gasteiger partial charge in [0.05, 0.1) is 12.1 Å². The van der Waals surface area contributed by atoms with E-state index >= 15 is 0 Å². The third kappa shape index (κ3) is 4.90. The molecule has 10 heteroatoms. The lowest BCUT2D eigenvalue weighted by Crippen LogP contribution is -2.52. The molecule has 1 atom stereocenters. The molecule has 1 aliphatic carbocycles. The van der Waals surface area contributed by atoms with E-state index in [4.69, 9.17) is 4.74 Å². The van der Waals surface area contributed by atoms with Crippen LogP contribution in [0.2, 0.25) is 0 Å². The van der Waals surface area contributed by atoms with Crippen molar-refractivity contribution in [2.75, 3.05) is 13.1 Å². The van der Waals surface area contributed by atoms with E-state index in [1.807, 2.05) is 20.8 Å². The van der Waals surface area contributed by atoms with Crippen LogP contribution in [-0.2, 0) is 20.9 Å². The molecule has 4 heterocycles. The second-order valence-electron chi connectivity index (χ2n) is 12.0. The molecule has 200 valence electrons. The number of piperidine rings is 2. The Kier molecular flexibility index (Phi) is 6.40. The number of imide groups is 1. The van der Waals surface area contributed by atoms with Gasteiger partial charge in [0.15, 0.2) is 0 Å². The van der Waals surface area contributed by atoms with Crippen LogP contribution in [0.25, 0.3) is 0 Å². The SMILES string of the molecule is CC(C)(C)OC(=O)N1CCC2(CCC(n3ccc4c(c3=O)CN(C3CCC(=O)NC3=O)C4=O)CC2)CC1. The number of rotatable bonds is 2. The van der Waals surface area contributed by atoms with Crippen molar-refractivity contribution in [1.82, 2.24) is 19.7 Å². The molecule has 0 aromatic carbocycles. The molecule has 1 N–H and O–H groups in total. The summed E-state index contributed by atoms with van der Waals surface area (Å²) in [5.41, 5.74) is 0.308. The molecule has 1 aromatic rings. The van der Waals surface area contributed by atoms with Gasteiger partial charge in [-0.25, -0.2) is 4.79 Å². The van der Waals surface area contributed by atoms with E-state index in [0.717, 1.165) is 38.5 Å². The number of fused-ring (bicyclic) bond motifs is 1. The lowest BCUT2D eigenvalue weighted by molar-refractivity contribution is -0.136. The summed E-state index contributed by atoms with van der Waals surface area (Å²) in [7, 11) is 0. The standard InChI is InChI=1S/C27H36N4O6/c1-26(2,3)37-25(36)29-14-11-27(12-15-29)9-6-17(7-10-27)30-13-8-18-19(24(30)35)16-31(23(18)34)20-4-5-21(32)28-22(20)33/h8,13,17,20H,4-7,9-12,14-16H2,1-3H3,(H,28,32,33). The molecule has 0 bridgehead atoms. The van der Waals surface area contributed by atoms with Crippen LogP contribution in [0.3, 0.4) is 0 Å². The Morgan fingerprint density at radius 1 is 1.03 bits per heavy atom. The lowest BCUT2D eigenvalue weighted by atomic mass is 9.67. The molecule has 4 aliphatic rings. The molecular weight excluding hydrogens is 476 g/mol. The molecular formula is C27H36N4O6. The second-order valence-corrected chi connectivity index (χ2v) is 12.0. The highest BCUT2D eigenvalue weighted by Crippen LogP contribution is 2.47. The largest absolute Gasteiger partial charge is 0.444 e. The molecule has 5 rings (SSSR count). The van der Waals surface area contributed by atoms with Crippen LogP contribution < -0.4 is 10.9 Å². The molecule has 4 amide bonds. The van der Waals surface area contributed by atoms with Crippen molar-refractivity contribution in [1.29, 1.82) is 0 Å². The van der Waals surface area contributed by atoms with Crippen molar-refractivity contribution in [3.8, 4) is 0 Å². The number of likely N-dealkylation sites (tertiary alicyclic amines) is 1. The number of carbonyl (C=O) groups is 4. The summed E-state index contributed by atoms with van der Waals surface area (Å²) in [6.45, 7) is 7.10.